The van der Waals surface area contributed by atoms with E-state index in [0.717, 1.165) is 0 Å². The molecule has 0 heterocycles. The zero-order chi connectivity index (χ0) is 11.0. The highest BCUT2D eigenvalue weighted by Crippen LogP contribution is 2.18. The predicted octanol–water partition coefficient (Wildman–Crippen LogP) is 1.65. The number of hydrogen-bond donors (Lipinski definition) is 0. The van der Waals surface area contributed by atoms with E-state index in [1.54, 1.807) is 0 Å². The molecule has 0 rings (SSSR count). The van der Waals surface area contributed by atoms with Crippen LogP contribution in [0.25, 0.3) is 0 Å². The fourth-order valence-electron chi connectivity index (χ4n) is 1.02. The highest BCUT2D eigenvalue weighted by molar-refractivity contribution is 6.69. The molecule has 0 bridgehead atoms. The van der Waals surface area contributed by atoms with Gasteiger partial charge in [-0.1, -0.05) is 6.58 Å². The Morgan fingerprint density at radius 2 is 1.50 bits per heavy atom. The van der Waals surface area contributed by atoms with Gasteiger partial charge in [0.1, 0.15) is 0 Å². The van der Waals surface area contributed by atoms with E-state index >= 15 is 0 Å². The maximum Gasteiger partial charge on any atom is 0.547 e. The van der Waals surface area contributed by atoms with Crippen molar-refractivity contribution in [3.8, 4) is 6.07 Å². The lowest BCUT2D eigenvalue weighted by molar-refractivity contribution is 0.0822. The predicted molar refractivity (Wildman–Crippen MR) is 55.4 cm³/mol. The molecule has 0 atom stereocenters. The molecule has 14 heavy (non-hydrogen) atoms. The molecule has 0 aliphatic rings. The second kappa shape index (κ2) is 6.73. The van der Waals surface area contributed by atoms with Crippen LogP contribution in [0.15, 0.2) is 11.8 Å². The normalized spacial score (nSPS) is 11.0. The Kier molecular flexibility index (Phi) is 6.41. The van der Waals surface area contributed by atoms with Crippen molar-refractivity contribution in [3.05, 3.63) is 11.8 Å². The molecule has 0 amide bonds. The molecule has 80 valence electrons. The summed E-state index contributed by atoms with van der Waals surface area (Å²) in [4.78, 5) is 0. The van der Waals surface area contributed by atoms with Gasteiger partial charge in [-0.3, -0.25) is 0 Å². The molecule has 0 saturated carbocycles. The van der Waals surface area contributed by atoms with Gasteiger partial charge in [0.25, 0.3) is 0 Å². The third kappa shape index (κ3) is 3.23. The zero-order valence-corrected chi connectivity index (χ0v) is 10.0. The van der Waals surface area contributed by atoms with Gasteiger partial charge < -0.3 is 13.3 Å². The summed E-state index contributed by atoms with van der Waals surface area (Å²) >= 11 is 0. The van der Waals surface area contributed by atoms with Gasteiger partial charge in [-0.25, -0.2) is 0 Å². The molecule has 0 aromatic carbocycles. The quantitative estimate of drug-likeness (QED) is 0.478. The van der Waals surface area contributed by atoms with Crippen LogP contribution in [-0.2, 0) is 13.3 Å². The van der Waals surface area contributed by atoms with Gasteiger partial charge in [-0.2, -0.15) is 5.26 Å². The molecule has 0 N–H and O–H groups in total. The Labute approximate surface area is 86.5 Å². The van der Waals surface area contributed by atoms with E-state index in [-0.39, 0.29) is 5.20 Å². The van der Waals surface area contributed by atoms with E-state index in [2.05, 4.69) is 6.58 Å². The molecule has 0 saturated heterocycles. The molecule has 0 radical (unpaired) electrons. The summed E-state index contributed by atoms with van der Waals surface area (Å²) in [6.45, 7) is 10.5. The van der Waals surface area contributed by atoms with Gasteiger partial charge in [0.15, 0.2) is 0 Å². The van der Waals surface area contributed by atoms with Gasteiger partial charge in [0.05, 0.1) is 11.3 Å². The fraction of sp³-hybridized carbons (Fsp3) is 0.667. The van der Waals surface area contributed by atoms with Crippen LogP contribution in [0.3, 0.4) is 0 Å². The topological polar surface area (TPSA) is 51.5 Å². The van der Waals surface area contributed by atoms with Gasteiger partial charge in [-0.05, 0) is 20.8 Å². The number of rotatable bonds is 7. The van der Waals surface area contributed by atoms with Crippen LogP contribution >= 0.6 is 0 Å². The highest BCUT2D eigenvalue weighted by Gasteiger charge is 2.44. The lowest BCUT2D eigenvalue weighted by atomic mass is 10.7. The first-order chi connectivity index (χ1) is 6.66. The van der Waals surface area contributed by atoms with Crippen molar-refractivity contribution in [2.75, 3.05) is 19.8 Å². The van der Waals surface area contributed by atoms with Crippen LogP contribution in [0.2, 0.25) is 0 Å². The molecule has 5 heteroatoms. The van der Waals surface area contributed by atoms with Crippen molar-refractivity contribution in [1.29, 1.82) is 5.26 Å². The Morgan fingerprint density at radius 3 is 1.71 bits per heavy atom. The molecule has 4 nitrogen and oxygen atoms in total. The first-order valence-corrected chi connectivity index (χ1v) is 6.40. The first kappa shape index (κ1) is 13.3. The van der Waals surface area contributed by atoms with Crippen LogP contribution in [0.4, 0.5) is 0 Å². The Hall–Kier alpha value is -0.673. The average Bonchev–Trinajstić information content (AvgIpc) is 2.17. The summed E-state index contributed by atoms with van der Waals surface area (Å²) in [5, 5.41) is 9.06. The van der Waals surface area contributed by atoms with Crippen molar-refractivity contribution < 1.29 is 13.3 Å². The van der Waals surface area contributed by atoms with Crippen molar-refractivity contribution in [1.82, 2.24) is 0 Å². The Morgan fingerprint density at radius 1 is 1.14 bits per heavy atom. The lowest BCUT2D eigenvalue weighted by Crippen LogP contribution is -2.47. The van der Waals surface area contributed by atoms with Crippen molar-refractivity contribution in [3.63, 3.8) is 0 Å². The fourth-order valence-corrected chi connectivity index (χ4v) is 3.07. The standard InChI is InChI=1S/C9H17NO3Si/c1-5-11-14(12-6-2,13-7-3)9(4)8-10/h4-7H2,1-3H3. The van der Waals surface area contributed by atoms with Crippen LogP contribution in [0.5, 0.6) is 0 Å². The maximum absolute atomic E-state index is 8.80. The third-order valence-electron chi connectivity index (χ3n) is 1.51. The largest absolute Gasteiger partial charge is 0.547 e. The monoisotopic (exact) mass is 215 g/mol. The third-order valence-corrected chi connectivity index (χ3v) is 4.36. The van der Waals surface area contributed by atoms with Crippen LogP contribution < -0.4 is 0 Å². The smallest absolute Gasteiger partial charge is 0.370 e. The van der Waals surface area contributed by atoms with Gasteiger partial charge in [0.2, 0.25) is 0 Å². The van der Waals surface area contributed by atoms with Crippen molar-refractivity contribution in [2.45, 2.75) is 20.8 Å². The van der Waals surface area contributed by atoms with Crippen LogP contribution in [-0.4, -0.2) is 28.6 Å². The average molecular weight is 215 g/mol. The molecule has 0 unspecified atom stereocenters. The minimum Gasteiger partial charge on any atom is -0.370 e. The summed E-state index contributed by atoms with van der Waals surface area (Å²) in [5.41, 5.74) is 0. The molecular weight excluding hydrogens is 198 g/mol. The number of allylic oxidation sites excluding steroid dienone is 1. The van der Waals surface area contributed by atoms with Gasteiger partial charge in [0, 0.05) is 19.8 Å². The second-order valence-electron chi connectivity index (χ2n) is 2.45. The summed E-state index contributed by atoms with van der Waals surface area (Å²) < 4.78 is 16.3. The maximum atomic E-state index is 8.80. The molecular formula is C9H17NO3Si. The van der Waals surface area contributed by atoms with E-state index in [9.17, 15) is 0 Å². The number of nitriles is 1. The van der Waals surface area contributed by atoms with E-state index < -0.39 is 8.80 Å². The van der Waals surface area contributed by atoms with E-state index in [1.807, 2.05) is 26.8 Å². The Bertz CT molecular complexity index is 208. The van der Waals surface area contributed by atoms with Gasteiger partial charge in [-0.15, -0.1) is 0 Å². The Balaban J connectivity index is 4.74. The molecule has 0 spiro atoms. The first-order valence-electron chi connectivity index (χ1n) is 4.68. The van der Waals surface area contributed by atoms with Crippen molar-refractivity contribution in [2.24, 2.45) is 0 Å². The number of hydrogen-bond acceptors (Lipinski definition) is 4. The van der Waals surface area contributed by atoms with Gasteiger partial charge >= 0.3 is 8.80 Å². The number of nitrogens with zero attached hydrogens (tertiary/aromatic N) is 1. The summed E-state index contributed by atoms with van der Waals surface area (Å²) in [5.74, 6) is 0. The van der Waals surface area contributed by atoms with E-state index in [1.165, 1.54) is 0 Å². The minimum absolute atomic E-state index is 0.267. The van der Waals surface area contributed by atoms with E-state index in [4.69, 9.17) is 18.5 Å². The highest BCUT2D eigenvalue weighted by atomic mass is 28.4. The zero-order valence-electron chi connectivity index (χ0n) is 9.00. The molecule has 0 aliphatic heterocycles. The summed E-state index contributed by atoms with van der Waals surface area (Å²) in [7, 11) is -2.95. The lowest BCUT2D eigenvalue weighted by Gasteiger charge is -2.26. The van der Waals surface area contributed by atoms with Crippen molar-refractivity contribution >= 4 is 8.80 Å². The molecule has 0 fully saturated rings. The molecule has 0 aromatic rings. The minimum atomic E-state index is -2.95. The summed E-state index contributed by atoms with van der Waals surface area (Å²) in [6, 6.07) is 1.95. The molecule has 0 aliphatic carbocycles. The SMILES string of the molecule is C=C(C#N)[Si](OCC)(OCC)OCC. The molecule has 0 aromatic heterocycles. The van der Waals surface area contributed by atoms with Crippen LogP contribution in [0, 0.1) is 11.3 Å². The second-order valence-corrected chi connectivity index (χ2v) is 5.03. The van der Waals surface area contributed by atoms with E-state index in [0.29, 0.717) is 19.8 Å². The summed E-state index contributed by atoms with van der Waals surface area (Å²) in [6.07, 6.45) is 0. The van der Waals surface area contributed by atoms with Crippen LogP contribution in [0.1, 0.15) is 20.8 Å².